The molecule has 16 rings (SSSR count). The average molecular weight is 1160 g/mol. The number of benzene rings is 10. The number of rotatable bonds is 10. The van der Waals surface area contributed by atoms with Gasteiger partial charge in [0.15, 0.2) is 5.58 Å². The minimum absolute atomic E-state index is 0.162. The molecule has 89 heavy (non-hydrogen) atoms. The van der Waals surface area contributed by atoms with Gasteiger partial charge < -0.3 is 27.8 Å². The molecule has 2 atom stereocenters. The van der Waals surface area contributed by atoms with Crippen LogP contribution < -0.4 is 21.1 Å². The second-order valence-electron chi connectivity index (χ2n) is 24.5. The Hall–Kier alpha value is -10.7. The number of hydrogen-bond acceptors (Lipinski definition) is 10. The van der Waals surface area contributed by atoms with Crippen molar-refractivity contribution in [1.29, 1.82) is 0 Å². The fourth-order valence-corrected chi connectivity index (χ4v) is 14.2. The standard InChI is InChI=1S/C79H60N4O6/c1-43-17-28-66(47(5)33-43)82(67-29-18-44(2)34-48(67)6)55-25-21-51-37-60(77(84)87-71(51)41-55)73-75-74(89-75)59-27-23-53(39-64(59)80-73)79(62-15-11-9-13-57(62)58-14-10-12-16-63(58)79)54-24-32-70-65(40-54)81-76(86-70)61-38-52-22-26-56(42-72(52)88-78(61)85)83(68-30-19-45(3)35-49(68)7)69-31-20-46(4)36-50(69)8/h9-42,74-75H,1-8H3. The number of aryl methyl sites for hydroxylation is 8. The highest BCUT2D eigenvalue weighted by atomic mass is 16.6. The van der Waals surface area contributed by atoms with E-state index in [-0.39, 0.29) is 17.6 Å². The number of ether oxygens (including phenoxy) is 1. The van der Waals surface area contributed by atoms with Crippen LogP contribution in [-0.2, 0) is 10.2 Å². The number of aliphatic imine (C=N–C) groups is 1. The molecule has 1 aliphatic carbocycles. The van der Waals surface area contributed by atoms with Gasteiger partial charge in [0.2, 0.25) is 5.89 Å². The van der Waals surface area contributed by atoms with Gasteiger partial charge in [-0.25, -0.2) is 19.6 Å². The molecule has 3 aromatic heterocycles. The van der Waals surface area contributed by atoms with Crippen molar-refractivity contribution in [3.63, 3.8) is 0 Å². The van der Waals surface area contributed by atoms with Gasteiger partial charge in [-0.15, -0.1) is 0 Å². The zero-order valence-electron chi connectivity index (χ0n) is 50.5. The maximum Gasteiger partial charge on any atom is 0.349 e. The van der Waals surface area contributed by atoms with Crippen molar-refractivity contribution >= 4 is 78.6 Å². The molecule has 0 saturated carbocycles. The highest BCUT2D eigenvalue weighted by Crippen LogP contribution is 2.58. The fraction of sp³-hybridized carbons (Fsp3) is 0.139. The van der Waals surface area contributed by atoms with Gasteiger partial charge in [-0.05, 0) is 190 Å². The number of oxazole rings is 1. The predicted molar refractivity (Wildman–Crippen MR) is 356 cm³/mol. The summed E-state index contributed by atoms with van der Waals surface area (Å²) in [5.74, 6) is 0.162. The smallest absolute Gasteiger partial charge is 0.349 e. The first-order chi connectivity index (χ1) is 43.2. The van der Waals surface area contributed by atoms with E-state index in [1.807, 2.05) is 42.5 Å². The summed E-state index contributed by atoms with van der Waals surface area (Å²) in [6, 6.07) is 71.3. The van der Waals surface area contributed by atoms with Crippen molar-refractivity contribution in [3.05, 3.63) is 305 Å². The zero-order chi connectivity index (χ0) is 60.7. The molecule has 432 valence electrons. The molecule has 1 fully saturated rings. The van der Waals surface area contributed by atoms with Gasteiger partial charge in [-0.3, -0.25) is 0 Å². The van der Waals surface area contributed by atoms with E-state index in [0.717, 1.165) is 106 Å². The highest BCUT2D eigenvalue weighted by molar-refractivity contribution is 6.10. The van der Waals surface area contributed by atoms with Gasteiger partial charge in [0.05, 0.1) is 22.4 Å². The second kappa shape index (κ2) is 20.2. The van der Waals surface area contributed by atoms with Crippen LogP contribution >= 0.6 is 0 Å². The molecule has 0 spiro atoms. The monoisotopic (exact) mass is 1160 g/mol. The summed E-state index contributed by atoms with van der Waals surface area (Å²) in [6.45, 7) is 16.9. The van der Waals surface area contributed by atoms with Crippen LogP contribution in [0, 0.1) is 55.4 Å². The summed E-state index contributed by atoms with van der Waals surface area (Å²) in [5.41, 5.74) is 24.4. The maximum atomic E-state index is 14.5. The number of aromatic nitrogens is 1. The lowest BCUT2D eigenvalue weighted by molar-refractivity contribution is 0.401. The zero-order valence-corrected chi connectivity index (χ0v) is 50.5. The molecule has 1 saturated heterocycles. The van der Waals surface area contributed by atoms with E-state index in [2.05, 4.69) is 229 Å². The molecule has 2 aliphatic heterocycles. The highest BCUT2D eigenvalue weighted by Gasteiger charge is 2.51. The Morgan fingerprint density at radius 2 is 0.876 bits per heavy atom. The summed E-state index contributed by atoms with van der Waals surface area (Å²) < 4.78 is 25.4. The third-order valence-corrected chi connectivity index (χ3v) is 18.4. The first-order valence-electron chi connectivity index (χ1n) is 30.2. The van der Waals surface area contributed by atoms with E-state index in [9.17, 15) is 9.59 Å². The van der Waals surface area contributed by atoms with Crippen LogP contribution in [0.15, 0.2) is 234 Å². The Morgan fingerprint density at radius 3 is 1.39 bits per heavy atom. The summed E-state index contributed by atoms with van der Waals surface area (Å²) in [7, 11) is 0. The van der Waals surface area contributed by atoms with Crippen LogP contribution in [0.3, 0.4) is 0 Å². The molecule has 5 heterocycles. The van der Waals surface area contributed by atoms with Crippen LogP contribution in [-0.4, -0.2) is 16.8 Å². The summed E-state index contributed by atoms with van der Waals surface area (Å²) in [6.07, 6.45) is -0.690. The van der Waals surface area contributed by atoms with E-state index in [0.29, 0.717) is 39.2 Å². The minimum atomic E-state index is -0.865. The van der Waals surface area contributed by atoms with E-state index >= 15 is 0 Å². The maximum absolute atomic E-state index is 14.5. The SMILES string of the molecule is Cc1ccc(N(c2ccc3cc(C4=Nc5cc(C6(c7ccc8oc(-c9cc%10ccc(N(c%11ccc(C)cc%11C)c%11ccc(C)cc%11C)cc%10oc9=O)nc8c7)c7ccccc7-c7ccccc76)ccc5C5OC45)c(=O)oc3c2)c2ccc(C)cc2C)c(C)c1. The quantitative estimate of drug-likeness (QED) is 0.0974. The van der Waals surface area contributed by atoms with Gasteiger partial charge >= 0.3 is 11.3 Å². The van der Waals surface area contributed by atoms with Crippen LogP contribution in [0.5, 0.6) is 0 Å². The fourth-order valence-electron chi connectivity index (χ4n) is 14.2. The molecule has 3 aliphatic rings. The Morgan fingerprint density at radius 1 is 0.404 bits per heavy atom. The van der Waals surface area contributed by atoms with Gasteiger partial charge in [-0.2, -0.15) is 0 Å². The predicted octanol–water partition coefficient (Wildman–Crippen LogP) is 19.1. The van der Waals surface area contributed by atoms with Crippen LogP contribution in [0.1, 0.15) is 84.0 Å². The van der Waals surface area contributed by atoms with Crippen molar-refractivity contribution < 1.29 is 18.0 Å². The second-order valence-corrected chi connectivity index (χ2v) is 24.5. The number of anilines is 6. The average Bonchev–Trinajstić information content (AvgIpc) is 1.56. The molecule has 13 aromatic rings. The number of nitrogens with zero attached hydrogens (tertiary/aromatic N) is 4. The largest absolute Gasteiger partial charge is 0.436 e. The van der Waals surface area contributed by atoms with Gasteiger partial charge in [-0.1, -0.05) is 138 Å². The molecular weight excluding hydrogens is 1100 g/mol. The first-order valence-corrected chi connectivity index (χ1v) is 30.2. The lowest BCUT2D eigenvalue weighted by atomic mass is 9.67. The number of fused-ring (bicyclic) bond motifs is 9. The summed E-state index contributed by atoms with van der Waals surface area (Å²) in [5, 5.41) is 1.50. The lowest BCUT2D eigenvalue weighted by Crippen LogP contribution is -2.29. The third kappa shape index (κ3) is 8.64. The Balaban J connectivity index is 0.780. The minimum Gasteiger partial charge on any atom is -0.436 e. The van der Waals surface area contributed by atoms with Crippen molar-refractivity contribution in [1.82, 2.24) is 4.98 Å². The van der Waals surface area contributed by atoms with Crippen LogP contribution in [0.2, 0.25) is 0 Å². The molecule has 0 radical (unpaired) electrons. The van der Waals surface area contributed by atoms with Gasteiger partial charge in [0.25, 0.3) is 0 Å². The van der Waals surface area contributed by atoms with Gasteiger partial charge in [0, 0.05) is 62.6 Å². The Kier molecular flexibility index (Phi) is 12.2. The summed E-state index contributed by atoms with van der Waals surface area (Å²) in [4.78, 5) is 43.7. The Labute approximate surface area is 514 Å². The molecule has 0 N–H and O–H groups in total. The lowest BCUT2D eigenvalue weighted by Gasteiger charge is -2.34. The molecule has 0 bridgehead atoms. The topological polar surface area (TPSA) is 118 Å². The van der Waals surface area contributed by atoms with E-state index in [1.54, 1.807) is 0 Å². The van der Waals surface area contributed by atoms with E-state index < -0.39 is 22.8 Å². The van der Waals surface area contributed by atoms with Gasteiger partial charge in [0.1, 0.15) is 34.5 Å². The molecule has 10 nitrogen and oxygen atoms in total. The van der Waals surface area contributed by atoms with Crippen molar-refractivity contribution in [2.75, 3.05) is 9.80 Å². The van der Waals surface area contributed by atoms with Crippen LogP contribution in [0.4, 0.5) is 39.8 Å². The van der Waals surface area contributed by atoms with Crippen molar-refractivity contribution in [2.24, 2.45) is 4.99 Å². The molecule has 0 amide bonds. The van der Waals surface area contributed by atoms with E-state index in [4.69, 9.17) is 28.0 Å². The van der Waals surface area contributed by atoms with E-state index in [1.165, 1.54) is 22.3 Å². The first kappa shape index (κ1) is 53.8. The van der Waals surface area contributed by atoms with Crippen molar-refractivity contribution in [3.8, 4) is 22.6 Å². The molecule has 2 unspecified atom stereocenters. The molecule has 10 aromatic carbocycles. The van der Waals surface area contributed by atoms with Crippen molar-refractivity contribution in [2.45, 2.75) is 73.0 Å². The molecular formula is C79H60N4O6. The molecule has 10 heteroatoms. The third-order valence-electron chi connectivity index (χ3n) is 18.4. The number of epoxide rings is 1. The summed E-state index contributed by atoms with van der Waals surface area (Å²) >= 11 is 0. The Bertz CT molecular complexity index is 5190. The van der Waals surface area contributed by atoms with Crippen LogP contribution in [0.25, 0.3) is 55.6 Å². The normalized spacial score (nSPS) is 15.2. The number of hydrogen-bond donors (Lipinski definition) is 0.